The van der Waals surface area contributed by atoms with Crippen molar-refractivity contribution in [3.05, 3.63) is 75.6 Å². The van der Waals surface area contributed by atoms with Crippen LogP contribution in [0.2, 0.25) is 0 Å². The maximum Gasteiger partial charge on any atom is 0.277 e. The summed E-state index contributed by atoms with van der Waals surface area (Å²) in [4.78, 5) is 24.8. The van der Waals surface area contributed by atoms with Crippen molar-refractivity contribution in [2.45, 2.75) is 50.6 Å². The van der Waals surface area contributed by atoms with Gasteiger partial charge in [0.25, 0.3) is 5.56 Å². The Labute approximate surface area is 164 Å². The van der Waals surface area contributed by atoms with E-state index in [1.165, 1.54) is 17.7 Å². The van der Waals surface area contributed by atoms with Crippen LogP contribution in [0.25, 0.3) is 5.82 Å². The van der Waals surface area contributed by atoms with Gasteiger partial charge in [0.1, 0.15) is 0 Å². The first-order valence-corrected chi connectivity index (χ1v) is 10.1. The predicted octanol–water partition coefficient (Wildman–Crippen LogP) is 3.34. The summed E-state index contributed by atoms with van der Waals surface area (Å²) in [6, 6.07) is 10.2. The molecule has 0 radical (unpaired) electrons. The van der Waals surface area contributed by atoms with Gasteiger partial charge in [0.05, 0.1) is 17.3 Å². The Morgan fingerprint density at radius 2 is 1.86 bits per heavy atom. The lowest BCUT2D eigenvalue weighted by molar-refractivity contribution is 0.138. The lowest BCUT2D eigenvalue weighted by atomic mass is 9.86. The minimum atomic E-state index is 0.0299. The molecule has 2 unspecified atom stereocenters. The number of hydrogen-bond donors (Lipinski definition) is 1. The van der Waals surface area contributed by atoms with Crippen LogP contribution >= 0.6 is 0 Å². The van der Waals surface area contributed by atoms with Gasteiger partial charge in [-0.25, -0.2) is 9.67 Å². The summed E-state index contributed by atoms with van der Waals surface area (Å²) < 4.78 is 1.60. The molecule has 0 spiro atoms. The highest BCUT2D eigenvalue weighted by Gasteiger charge is 2.35. The minimum Gasteiger partial charge on any atom is -0.293 e. The number of aromatic amines is 1. The van der Waals surface area contributed by atoms with Crippen molar-refractivity contribution in [3.63, 3.8) is 0 Å². The van der Waals surface area contributed by atoms with Gasteiger partial charge >= 0.3 is 0 Å². The van der Waals surface area contributed by atoms with Crippen molar-refractivity contribution >= 4 is 0 Å². The van der Waals surface area contributed by atoms with E-state index in [2.05, 4.69) is 28.1 Å². The molecule has 28 heavy (non-hydrogen) atoms. The Balaban J connectivity index is 1.54. The van der Waals surface area contributed by atoms with Gasteiger partial charge in [-0.2, -0.15) is 0 Å². The second kappa shape index (κ2) is 7.02. The smallest absolute Gasteiger partial charge is 0.277 e. The van der Waals surface area contributed by atoms with Crippen LogP contribution in [-0.2, 0) is 12.8 Å². The van der Waals surface area contributed by atoms with E-state index >= 15 is 0 Å². The molecule has 2 aliphatic rings. The first-order chi connectivity index (χ1) is 13.7. The van der Waals surface area contributed by atoms with Crippen molar-refractivity contribution in [3.8, 4) is 5.82 Å². The van der Waals surface area contributed by atoms with Crippen molar-refractivity contribution in [2.24, 2.45) is 0 Å². The molecule has 0 bridgehead atoms. The van der Waals surface area contributed by atoms with Gasteiger partial charge in [0.2, 0.25) is 0 Å². The van der Waals surface area contributed by atoms with Crippen LogP contribution in [0.15, 0.2) is 47.5 Å². The second-order valence-corrected chi connectivity index (χ2v) is 7.86. The molecule has 0 amide bonds. The fraction of sp³-hybridized carbons (Fsp3) is 0.409. The largest absolute Gasteiger partial charge is 0.293 e. The van der Waals surface area contributed by atoms with Crippen molar-refractivity contribution < 1.29 is 0 Å². The fourth-order valence-corrected chi connectivity index (χ4v) is 4.90. The first-order valence-electron chi connectivity index (χ1n) is 10.1. The Kier molecular flexibility index (Phi) is 4.36. The number of aryl methyl sites for hydroxylation is 2. The van der Waals surface area contributed by atoms with Crippen molar-refractivity contribution in [1.82, 2.24) is 24.6 Å². The molecule has 3 aromatic heterocycles. The molecule has 1 N–H and O–H groups in total. The number of pyridine rings is 2. The Morgan fingerprint density at radius 1 is 1.04 bits per heavy atom. The molecule has 2 aliphatic carbocycles. The van der Waals surface area contributed by atoms with E-state index in [9.17, 15) is 4.79 Å². The minimum absolute atomic E-state index is 0.0299. The molecule has 0 aliphatic heterocycles. The number of aromatic nitrogens is 4. The first kappa shape index (κ1) is 17.4. The van der Waals surface area contributed by atoms with Crippen LogP contribution in [0.5, 0.6) is 0 Å². The summed E-state index contributed by atoms with van der Waals surface area (Å²) in [5, 5.41) is 3.32. The molecule has 3 heterocycles. The summed E-state index contributed by atoms with van der Waals surface area (Å²) in [5.41, 5.74) is 4.52. The SMILES string of the molecule is CN(C1CCCc2cccnc21)C1CCCc2[nH]n(-c3ccccn3)c(=O)c21. The zero-order chi connectivity index (χ0) is 19.1. The van der Waals surface area contributed by atoms with Crippen molar-refractivity contribution in [2.75, 3.05) is 7.05 Å². The van der Waals surface area contributed by atoms with E-state index in [-0.39, 0.29) is 17.6 Å². The van der Waals surface area contributed by atoms with Crippen LogP contribution in [0.1, 0.15) is 60.3 Å². The van der Waals surface area contributed by atoms with Gasteiger partial charge in [-0.05, 0) is 69.3 Å². The van der Waals surface area contributed by atoms with E-state index in [1.807, 2.05) is 30.5 Å². The monoisotopic (exact) mass is 375 g/mol. The molecule has 3 aromatic rings. The zero-order valence-electron chi connectivity index (χ0n) is 16.1. The third kappa shape index (κ3) is 2.79. The van der Waals surface area contributed by atoms with Crippen LogP contribution in [-0.4, -0.2) is 31.7 Å². The summed E-state index contributed by atoms with van der Waals surface area (Å²) in [6.07, 6.45) is 9.94. The molecule has 0 fully saturated rings. The average molecular weight is 375 g/mol. The topological polar surface area (TPSA) is 66.8 Å². The standard InChI is InChI=1S/C22H25N5O/c1-26(18-11-4-7-15-8-6-14-24-21(15)18)17-10-5-9-16-20(17)22(28)27(25-16)19-12-2-3-13-23-19/h2-3,6,8,12-14,17-18,25H,4-5,7,9-11H2,1H3. The lowest BCUT2D eigenvalue weighted by Gasteiger charge is -2.38. The Morgan fingerprint density at radius 3 is 2.71 bits per heavy atom. The quantitative estimate of drug-likeness (QED) is 0.762. The number of hydrogen-bond acceptors (Lipinski definition) is 4. The molecule has 5 rings (SSSR count). The van der Waals surface area contributed by atoms with Crippen LogP contribution < -0.4 is 5.56 Å². The van der Waals surface area contributed by atoms with Gasteiger partial charge in [-0.15, -0.1) is 0 Å². The van der Waals surface area contributed by atoms with Crippen LogP contribution in [0.3, 0.4) is 0 Å². The number of nitrogens with one attached hydrogen (secondary N) is 1. The van der Waals surface area contributed by atoms with E-state index in [0.29, 0.717) is 5.82 Å². The highest BCUT2D eigenvalue weighted by atomic mass is 16.1. The molecular weight excluding hydrogens is 350 g/mol. The summed E-state index contributed by atoms with van der Waals surface area (Å²) in [6.45, 7) is 0. The maximum absolute atomic E-state index is 13.3. The van der Waals surface area contributed by atoms with Gasteiger partial charge in [-0.3, -0.25) is 19.8 Å². The average Bonchev–Trinajstić information content (AvgIpc) is 3.10. The van der Waals surface area contributed by atoms with E-state index in [1.54, 1.807) is 10.9 Å². The number of rotatable bonds is 3. The normalized spacial score (nSPS) is 21.4. The highest BCUT2D eigenvalue weighted by molar-refractivity contribution is 5.32. The van der Waals surface area contributed by atoms with E-state index in [4.69, 9.17) is 4.98 Å². The van der Waals surface area contributed by atoms with Crippen LogP contribution in [0, 0.1) is 0 Å². The summed E-state index contributed by atoms with van der Waals surface area (Å²) >= 11 is 0. The predicted molar refractivity (Wildman–Crippen MR) is 108 cm³/mol. The molecule has 144 valence electrons. The zero-order valence-corrected chi connectivity index (χ0v) is 16.1. The van der Waals surface area contributed by atoms with Crippen LogP contribution in [0.4, 0.5) is 0 Å². The maximum atomic E-state index is 13.3. The highest BCUT2D eigenvalue weighted by Crippen LogP contribution is 2.40. The van der Waals surface area contributed by atoms with Gasteiger partial charge < -0.3 is 0 Å². The molecule has 0 saturated heterocycles. The van der Waals surface area contributed by atoms with E-state index in [0.717, 1.165) is 43.4 Å². The Bertz CT molecular complexity index is 1040. The van der Waals surface area contributed by atoms with Gasteiger partial charge in [0, 0.05) is 24.1 Å². The summed E-state index contributed by atoms with van der Waals surface area (Å²) in [5.74, 6) is 0.646. The second-order valence-electron chi connectivity index (χ2n) is 7.86. The number of H-pyrrole nitrogens is 1. The molecule has 0 saturated carbocycles. The fourth-order valence-electron chi connectivity index (χ4n) is 4.90. The summed E-state index contributed by atoms with van der Waals surface area (Å²) in [7, 11) is 2.16. The third-order valence-corrected chi connectivity index (χ3v) is 6.27. The van der Waals surface area contributed by atoms with Gasteiger partial charge in [-0.1, -0.05) is 12.1 Å². The van der Waals surface area contributed by atoms with E-state index < -0.39 is 0 Å². The molecule has 6 nitrogen and oxygen atoms in total. The lowest BCUT2D eigenvalue weighted by Crippen LogP contribution is -2.36. The Hall–Kier alpha value is -2.73. The number of nitrogens with zero attached hydrogens (tertiary/aromatic N) is 4. The molecule has 2 atom stereocenters. The molecule has 0 aromatic carbocycles. The molecular formula is C22H25N5O. The number of fused-ring (bicyclic) bond motifs is 2. The third-order valence-electron chi connectivity index (χ3n) is 6.27. The van der Waals surface area contributed by atoms with Gasteiger partial charge in [0.15, 0.2) is 5.82 Å². The van der Waals surface area contributed by atoms with Crippen molar-refractivity contribution in [1.29, 1.82) is 0 Å². The molecule has 6 heteroatoms.